The van der Waals surface area contributed by atoms with Gasteiger partial charge in [-0.15, -0.1) is 0 Å². The molecule has 0 atom stereocenters. The molecule has 0 saturated carbocycles. The van der Waals surface area contributed by atoms with E-state index in [9.17, 15) is 13.6 Å². The molecule has 0 aliphatic carbocycles. The van der Waals surface area contributed by atoms with Crippen LogP contribution in [0.5, 0.6) is 0 Å². The van der Waals surface area contributed by atoms with Crippen LogP contribution in [0.4, 0.5) is 8.78 Å². The summed E-state index contributed by atoms with van der Waals surface area (Å²) < 4.78 is 25.4. The van der Waals surface area contributed by atoms with Crippen LogP contribution in [-0.2, 0) is 4.79 Å². The third-order valence-electron chi connectivity index (χ3n) is 1.72. The number of hydrogen-bond donors (Lipinski definition) is 1. The first-order valence-corrected chi connectivity index (χ1v) is 4.42. The van der Waals surface area contributed by atoms with E-state index in [1.54, 1.807) is 6.08 Å². The van der Waals surface area contributed by atoms with Crippen LogP contribution < -0.4 is 0 Å². The van der Waals surface area contributed by atoms with Crippen molar-refractivity contribution < 1.29 is 18.7 Å². The lowest BCUT2D eigenvalue weighted by Crippen LogP contribution is -1.91. The Hall–Kier alpha value is -1.71. The molecule has 0 aromatic heterocycles. The molecular weight excluding hydrogens is 202 g/mol. The SMILES string of the molecule is O=C(O)CC/C=C/c1cc(F)cc(F)c1. The van der Waals surface area contributed by atoms with E-state index in [0.717, 1.165) is 6.07 Å². The summed E-state index contributed by atoms with van der Waals surface area (Å²) in [5.41, 5.74) is 0.387. The summed E-state index contributed by atoms with van der Waals surface area (Å²) in [5, 5.41) is 8.35. The summed E-state index contributed by atoms with van der Waals surface area (Å²) in [6.45, 7) is 0. The van der Waals surface area contributed by atoms with Crippen molar-refractivity contribution in [1.29, 1.82) is 0 Å². The molecule has 0 spiro atoms. The Kier molecular flexibility index (Phi) is 3.97. The number of carbonyl (C=O) groups is 1. The highest BCUT2D eigenvalue weighted by Crippen LogP contribution is 2.10. The Balaban J connectivity index is 2.60. The van der Waals surface area contributed by atoms with Gasteiger partial charge in [-0.05, 0) is 24.1 Å². The first kappa shape index (κ1) is 11.4. The molecule has 0 aliphatic heterocycles. The molecule has 4 heteroatoms. The zero-order chi connectivity index (χ0) is 11.3. The Labute approximate surface area is 85.9 Å². The monoisotopic (exact) mass is 212 g/mol. The van der Waals surface area contributed by atoms with Gasteiger partial charge in [0.25, 0.3) is 0 Å². The molecular formula is C11H10F2O2. The Morgan fingerprint density at radius 1 is 1.27 bits per heavy atom. The minimum Gasteiger partial charge on any atom is -0.481 e. The molecule has 0 aliphatic rings. The summed E-state index contributed by atoms with van der Waals surface area (Å²) in [6.07, 6.45) is 3.42. The van der Waals surface area contributed by atoms with Crippen molar-refractivity contribution in [3.05, 3.63) is 41.5 Å². The van der Waals surface area contributed by atoms with Gasteiger partial charge < -0.3 is 5.11 Å². The molecule has 0 amide bonds. The molecule has 0 unspecified atom stereocenters. The Bertz CT molecular complexity index is 366. The van der Waals surface area contributed by atoms with Crippen molar-refractivity contribution in [1.82, 2.24) is 0 Å². The van der Waals surface area contributed by atoms with Gasteiger partial charge in [0.05, 0.1) is 0 Å². The maximum absolute atomic E-state index is 12.7. The molecule has 0 bridgehead atoms. The zero-order valence-corrected chi connectivity index (χ0v) is 7.91. The van der Waals surface area contributed by atoms with Crippen molar-refractivity contribution in [3.63, 3.8) is 0 Å². The smallest absolute Gasteiger partial charge is 0.303 e. The van der Waals surface area contributed by atoms with Crippen LogP contribution in [0.1, 0.15) is 18.4 Å². The van der Waals surface area contributed by atoms with Crippen LogP contribution in [0.15, 0.2) is 24.3 Å². The van der Waals surface area contributed by atoms with Crippen molar-refractivity contribution in [2.24, 2.45) is 0 Å². The van der Waals surface area contributed by atoms with Gasteiger partial charge >= 0.3 is 5.97 Å². The van der Waals surface area contributed by atoms with Gasteiger partial charge in [0.15, 0.2) is 0 Å². The van der Waals surface area contributed by atoms with Gasteiger partial charge in [0.1, 0.15) is 11.6 Å². The Morgan fingerprint density at radius 3 is 2.40 bits per heavy atom. The van der Waals surface area contributed by atoms with Gasteiger partial charge in [0, 0.05) is 12.5 Å². The second-order valence-electron chi connectivity index (χ2n) is 3.04. The van der Waals surface area contributed by atoms with Gasteiger partial charge in [-0.25, -0.2) is 8.78 Å². The van der Waals surface area contributed by atoms with E-state index >= 15 is 0 Å². The van der Waals surface area contributed by atoms with Crippen molar-refractivity contribution in [3.8, 4) is 0 Å². The summed E-state index contributed by atoms with van der Waals surface area (Å²) in [5.74, 6) is -2.19. The molecule has 1 aromatic rings. The summed E-state index contributed by atoms with van der Waals surface area (Å²) in [7, 11) is 0. The van der Waals surface area contributed by atoms with Crippen molar-refractivity contribution in [2.45, 2.75) is 12.8 Å². The van der Waals surface area contributed by atoms with E-state index in [1.807, 2.05) is 0 Å². The number of carboxylic acid groups (broad SMARTS) is 1. The molecule has 1 rings (SSSR count). The highest BCUT2D eigenvalue weighted by molar-refractivity contribution is 5.67. The number of rotatable bonds is 4. The predicted molar refractivity (Wildman–Crippen MR) is 52.3 cm³/mol. The maximum atomic E-state index is 12.7. The fourth-order valence-corrected chi connectivity index (χ4v) is 1.10. The highest BCUT2D eigenvalue weighted by Gasteiger charge is 1.97. The number of benzene rings is 1. The van der Waals surface area contributed by atoms with E-state index in [2.05, 4.69) is 0 Å². The number of halogens is 2. The van der Waals surface area contributed by atoms with Crippen LogP contribution in [0, 0.1) is 11.6 Å². The number of hydrogen-bond acceptors (Lipinski definition) is 1. The van der Waals surface area contributed by atoms with Crippen LogP contribution in [0.25, 0.3) is 6.08 Å². The standard InChI is InChI=1S/C11H10F2O2/c12-9-5-8(6-10(13)7-9)3-1-2-4-11(14)15/h1,3,5-7H,2,4H2,(H,14,15)/b3-1+. The van der Waals surface area contributed by atoms with E-state index < -0.39 is 17.6 Å². The lowest BCUT2D eigenvalue weighted by molar-refractivity contribution is -0.136. The third kappa shape index (κ3) is 4.35. The molecule has 1 N–H and O–H groups in total. The fourth-order valence-electron chi connectivity index (χ4n) is 1.10. The average molecular weight is 212 g/mol. The number of carboxylic acids is 1. The summed E-state index contributed by atoms with van der Waals surface area (Å²) in [6, 6.07) is 3.15. The van der Waals surface area contributed by atoms with E-state index in [4.69, 9.17) is 5.11 Å². The van der Waals surface area contributed by atoms with Crippen molar-refractivity contribution in [2.75, 3.05) is 0 Å². The summed E-state index contributed by atoms with van der Waals surface area (Å²) >= 11 is 0. The van der Waals surface area contributed by atoms with Crippen molar-refractivity contribution >= 4 is 12.0 Å². The van der Waals surface area contributed by atoms with E-state index in [-0.39, 0.29) is 6.42 Å². The highest BCUT2D eigenvalue weighted by atomic mass is 19.1. The molecule has 80 valence electrons. The van der Waals surface area contributed by atoms with Gasteiger partial charge in [-0.1, -0.05) is 12.2 Å². The first-order chi connectivity index (χ1) is 7.08. The molecule has 2 nitrogen and oxygen atoms in total. The molecule has 0 fully saturated rings. The number of aliphatic carboxylic acids is 1. The third-order valence-corrected chi connectivity index (χ3v) is 1.72. The molecule has 0 saturated heterocycles. The lowest BCUT2D eigenvalue weighted by Gasteiger charge is -1.95. The second-order valence-corrected chi connectivity index (χ2v) is 3.04. The van der Waals surface area contributed by atoms with E-state index in [0.29, 0.717) is 12.0 Å². The van der Waals surface area contributed by atoms with E-state index in [1.165, 1.54) is 18.2 Å². The topological polar surface area (TPSA) is 37.3 Å². The minimum absolute atomic E-state index is 0.00823. The van der Waals surface area contributed by atoms with Gasteiger partial charge in [-0.3, -0.25) is 4.79 Å². The fraction of sp³-hybridized carbons (Fsp3) is 0.182. The zero-order valence-electron chi connectivity index (χ0n) is 7.91. The van der Waals surface area contributed by atoms with Crippen LogP contribution >= 0.6 is 0 Å². The molecule has 1 aromatic carbocycles. The molecule has 15 heavy (non-hydrogen) atoms. The average Bonchev–Trinajstić information content (AvgIpc) is 2.10. The van der Waals surface area contributed by atoms with Crippen LogP contribution in [0.3, 0.4) is 0 Å². The quantitative estimate of drug-likeness (QED) is 0.833. The predicted octanol–water partition coefficient (Wildman–Crippen LogP) is 2.84. The van der Waals surface area contributed by atoms with Gasteiger partial charge in [-0.2, -0.15) is 0 Å². The first-order valence-electron chi connectivity index (χ1n) is 4.42. The maximum Gasteiger partial charge on any atom is 0.303 e. The number of allylic oxidation sites excluding steroid dienone is 1. The minimum atomic E-state index is -0.898. The van der Waals surface area contributed by atoms with Crippen LogP contribution in [0.2, 0.25) is 0 Å². The largest absolute Gasteiger partial charge is 0.481 e. The Morgan fingerprint density at radius 2 is 1.87 bits per heavy atom. The van der Waals surface area contributed by atoms with Gasteiger partial charge in [0.2, 0.25) is 0 Å². The summed E-state index contributed by atoms with van der Waals surface area (Å²) in [4.78, 5) is 10.2. The molecule has 0 heterocycles. The lowest BCUT2D eigenvalue weighted by atomic mass is 10.2. The molecule has 0 radical (unpaired) electrons. The van der Waals surface area contributed by atoms with Crippen LogP contribution in [-0.4, -0.2) is 11.1 Å². The normalized spacial score (nSPS) is 10.8. The second kappa shape index (κ2) is 5.24.